The number of thioether (sulfide) groups is 1. The molecule has 138 valence electrons. The zero-order chi connectivity index (χ0) is 18.8. The van der Waals surface area contributed by atoms with E-state index in [4.69, 9.17) is 8.83 Å². The van der Waals surface area contributed by atoms with Crippen molar-refractivity contribution in [1.29, 1.82) is 0 Å². The van der Waals surface area contributed by atoms with Gasteiger partial charge in [-0.1, -0.05) is 35.2 Å². The maximum Gasteiger partial charge on any atom is 0.251 e. The third-order valence-electron chi connectivity index (χ3n) is 3.73. The Morgan fingerprint density at radius 1 is 1.04 bits per heavy atom. The molecule has 3 aromatic heterocycles. The predicted molar refractivity (Wildman–Crippen MR) is 105 cm³/mol. The lowest BCUT2D eigenvalue weighted by Gasteiger charge is -2.01. The summed E-state index contributed by atoms with van der Waals surface area (Å²) < 4.78 is 12.1. The van der Waals surface area contributed by atoms with Gasteiger partial charge in [0.2, 0.25) is 11.0 Å². The first-order valence-electron chi connectivity index (χ1n) is 8.26. The van der Waals surface area contributed by atoms with Crippen molar-refractivity contribution < 1.29 is 8.83 Å². The molecule has 27 heavy (non-hydrogen) atoms. The van der Waals surface area contributed by atoms with Crippen LogP contribution in [0.5, 0.6) is 0 Å². The molecular formula is C18H17N5O2S2. The summed E-state index contributed by atoms with van der Waals surface area (Å²) in [5, 5.41) is 20.6. The highest BCUT2D eigenvalue weighted by atomic mass is 32.2. The van der Waals surface area contributed by atoms with E-state index in [-0.39, 0.29) is 0 Å². The number of nitrogens with one attached hydrogen (secondary N) is 1. The second-order valence-corrected chi connectivity index (χ2v) is 8.18. The molecule has 0 unspecified atom stereocenters. The first-order valence-corrected chi connectivity index (χ1v) is 10.1. The van der Waals surface area contributed by atoms with Crippen molar-refractivity contribution in [3.8, 4) is 11.5 Å². The van der Waals surface area contributed by atoms with Gasteiger partial charge in [0.1, 0.15) is 11.5 Å². The van der Waals surface area contributed by atoms with Gasteiger partial charge in [-0.3, -0.25) is 0 Å². The third-order valence-corrected chi connectivity index (χ3v) is 5.69. The van der Waals surface area contributed by atoms with Crippen LogP contribution < -0.4 is 5.32 Å². The lowest BCUT2D eigenvalue weighted by Crippen LogP contribution is -1.89. The van der Waals surface area contributed by atoms with E-state index in [1.54, 1.807) is 0 Å². The average molecular weight is 400 g/mol. The van der Waals surface area contributed by atoms with Gasteiger partial charge in [-0.15, -0.1) is 20.4 Å². The maximum atomic E-state index is 5.74. The van der Waals surface area contributed by atoms with Crippen molar-refractivity contribution in [2.75, 3.05) is 5.32 Å². The van der Waals surface area contributed by atoms with Crippen molar-refractivity contribution in [3.05, 3.63) is 53.3 Å². The van der Waals surface area contributed by atoms with Gasteiger partial charge in [0.15, 0.2) is 4.34 Å². The summed E-state index contributed by atoms with van der Waals surface area (Å²) in [6.07, 6.45) is 0. The number of aryl methyl sites for hydroxylation is 3. The van der Waals surface area contributed by atoms with Gasteiger partial charge >= 0.3 is 0 Å². The molecule has 0 bridgehead atoms. The van der Waals surface area contributed by atoms with Crippen molar-refractivity contribution in [1.82, 2.24) is 20.4 Å². The Kier molecular flexibility index (Phi) is 4.95. The number of nitrogens with zero attached hydrogens (tertiary/aromatic N) is 4. The fraction of sp³-hybridized carbons (Fsp3) is 0.222. The normalized spacial score (nSPS) is 11.1. The first-order chi connectivity index (χ1) is 13.1. The zero-order valence-electron chi connectivity index (χ0n) is 15.0. The van der Waals surface area contributed by atoms with E-state index in [1.165, 1.54) is 28.7 Å². The van der Waals surface area contributed by atoms with Gasteiger partial charge in [0.25, 0.3) is 5.89 Å². The Morgan fingerprint density at radius 3 is 2.70 bits per heavy atom. The molecule has 3 heterocycles. The number of rotatable bonds is 6. The number of hydrogen-bond donors (Lipinski definition) is 1. The van der Waals surface area contributed by atoms with Crippen LogP contribution in [0.15, 0.2) is 43.5 Å². The molecule has 0 amide bonds. The van der Waals surface area contributed by atoms with Crippen LogP contribution in [-0.4, -0.2) is 20.4 Å². The summed E-state index contributed by atoms with van der Waals surface area (Å²) in [5.41, 5.74) is 3.01. The molecule has 0 spiro atoms. The fourth-order valence-corrected chi connectivity index (χ4v) is 4.16. The Bertz CT molecular complexity index is 1070. The number of furan rings is 1. The lowest BCUT2D eigenvalue weighted by molar-refractivity contribution is 0.499. The molecule has 0 aliphatic heterocycles. The molecule has 0 radical (unpaired) electrons. The minimum Gasteiger partial charge on any atom is -0.466 e. The number of anilines is 2. The first kappa shape index (κ1) is 17.7. The molecule has 7 nitrogen and oxygen atoms in total. The maximum absolute atomic E-state index is 5.74. The highest BCUT2D eigenvalue weighted by Crippen LogP contribution is 2.31. The third kappa shape index (κ3) is 4.20. The highest BCUT2D eigenvalue weighted by molar-refractivity contribution is 8.00. The Labute approximate surface area is 164 Å². The largest absolute Gasteiger partial charge is 0.466 e. The van der Waals surface area contributed by atoms with E-state index in [0.29, 0.717) is 17.5 Å². The smallest absolute Gasteiger partial charge is 0.251 e. The molecule has 9 heteroatoms. The number of hydrogen-bond acceptors (Lipinski definition) is 9. The molecule has 1 N–H and O–H groups in total. The SMILES string of the molecule is Cc1cccc(Nc2nnc(SCc3nnc(-c4cc(C)oc4C)o3)s2)c1. The summed E-state index contributed by atoms with van der Waals surface area (Å²) in [4.78, 5) is 0. The van der Waals surface area contributed by atoms with Gasteiger partial charge in [-0.2, -0.15) is 0 Å². The monoisotopic (exact) mass is 399 g/mol. The van der Waals surface area contributed by atoms with Crippen LogP contribution in [-0.2, 0) is 5.75 Å². The van der Waals surface area contributed by atoms with E-state index in [0.717, 1.165) is 32.2 Å². The minimum atomic E-state index is 0.471. The second kappa shape index (κ2) is 7.53. The Hall–Kier alpha value is -2.65. The molecular weight excluding hydrogens is 382 g/mol. The number of aromatic nitrogens is 4. The van der Waals surface area contributed by atoms with E-state index >= 15 is 0 Å². The van der Waals surface area contributed by atoms with Crippen LogP contribution in [0.2, 0.25) is 0 Å². The summed E-state index contributed by atoms with van der Waals surface area (Å²) in [5.74, 6) is 3.13. The second-order valence-electron chi connectivity index (χ2n) is 5.98. The van der Waals surface area contributed by atoms with Crippen LogP contribution in [0.1, 0.15) is 23.0 Å². The van der Waals surface area contributed by atoms with E-state index in [1.807, 2.05) is 32.0 Å². The molecule has 0 saturated carbocycles. The molecule has 1 aromatic carbocycles. The van der Waals surface area contributed by atoms with E-state index in [2.05, 4.69) is 44.8 Å². The standard InChI is InChI=1S/C18H17N5O2S2/c1-10-5-4-6-13(7-10)19-17-22-23-18(27-17)26-9-15-20-21-16(25-15)14-8-11(2)24-12(14)3/h4-8H,9H2,1-3H3,(H,19,22). The summed E-state index contributed by atoms with van der Waals surface area (Å²) >= 11 is 3.00. The van der Waals surface area contributed by atoms with Crippen LogP contribution in [0, 0.1) is 20.8 Å². The van der Waals surface area contributed by atoms with E-state index in [9.17, 15) is 0 Å². The summed E-state index contributed by atoms with van der Waals surface area (Å²) in [6, 6.07) is 10.0. The van der Waals surface area contributed by atoms with Crippen LogP contribution in [0.3, 0.4) is 0 Å². The molecule has 0 fully saturated rings. The molecule has 0 saturated heterocycles. The predicted octanol–water partition coefficient (Wildman–Crippen LogP) is 5.14. The van der Waals surface area contributed by atoms with Gasteiger partial charge in [-0.05, 0) is 44.5 Å². The summed E-state index contributed by atoms with van der Waals surface area (Å²) in [7, 11) is 0. The summed E-state index contributed by atoms with van der Waals surface area (Å²) in [6.45, 7) is 5.82. The number of benzene rings is 1. The quantitative estimate of drug-likeness (QED) is 0.446. The van der Waals surface area contributed by atoms with Crippen LogP contribution in [0.25, 0.3) is 11.5 Å². The zero-order valence-corrected chi connectivity index (χ0v) is 16.6. The molecule has 0 aliphatic rings. The topological polar surface area (TPSA) is 89.9 Å². The molecule has 0 atom stereocenters. The van der Waals surface area contributed by atoms with Gasteiger partial charge in [0.05, 0.1) is 11.3 Å². The Morgan fingerprint density at radius 2 is 1.93 bits per heavy atom. The molecule has 4 aromatic rings. The van der Waals surface area contributed by atoms with Crippen molar-refractivity contribution in [3.63, 3.8) is 0 Å². The molecule has 0 aliphatic carbocycles. The fourth-order valence-electron chi connectivity index (χ4n) is 2.55. The van der Waals surface area contributed by atoms with E-state index < -0.39 is 0 Å². The Balaban J connectivity index is 1.38. The van der Waals surface area contributed by atoms with Crippen molar-refractivity contribution in [2.24, 2.45) is 0 Å². The highest BCUT2D eigenvalue weighted by Gasteiger charge is 2.15. The van der Waals surface area contributed by atoms with Crippen molar-refractivity contribution in [2.45, 2.75) is 30.9 Å². The minimum absolute atomic E-state index is 0.471. The van der Waals surface area contributed by atoms with Gasteiger partial charge < -0.3 is 14.2 Å². The van der Waals surface area contributed by atoms with Gasteiger partial charge in [-0.25, -0.2) is 0 Å². The van der Waals surface area contributed by atoms with Crippen molar-refractivity contribution >= 4 is 33.9 Å². The van der Waals surface area contributed by atoms with Crippen LogP contribution in [0.4, 0.5) is 10.8 Å². The van der Waals surface area contributed by atoms with Gasteiger partial charge in [0, 0.05) is 5.69 Å². The average Bonchev–Trinajstić information content (AvgIpc) is 3.33. The van der Waals surface area contributed by atoms with Crippen LogP contribution >= 0.6 is 23.1 Å². The lowest BCUT2D eigenvalue weighted by atomic mass is 10.2. The molecule has 4 rings (SSSR count).